The lowest BCUT2D eigenvalue weighted by Gasteiger charge is -2.36. The summed E-state index contributed by atoms with van der Waals surface area (Å²) in [6.45, 7) is 3.83. The lowest BCUT2D eigenvalue weighted by Crippen LogP contribution is -2.50. The standard InChI is InChI=1S/C23H28N4O5S/c1-16(28)17-3-7-19(8-4-17)26-11-13-27(14-12-26)23(29)24-21-15-20(9-10-22(21)32-2)33(30,31)25-18-5-6-18/h3-4,7-10,15,18,25H,5-6,11-14H2,1-2H3,(H,24,29). The van der Waals surface area contributed by atoms with E-state index in [0.29, 0.717) is 43.2 Å². The van der Waals surface area contributed by atoms with Gasteiger partial charge in [0.1, 0.15) is 5.75 Å². The molecule has 1 aliphatic carbocycles. The molecule has 2 aromatic carbocycles. The third kappa shape index (κ3) is 5.45. The maximum atomic E-state index is 12.9. The Hall–Kier alpha value is -3.11. The van der Waals surface area contributed by atoms with E-state index < -0.39 is 10.0 Å². The first-order valence-corrected chi connectivity index (χ1v) is 12.4. The van der Waals surface area contributed by atoms with Gasteiger partial charge in [0.25, 0.3) is 0 Å². The molecule has 0 unspecified atom stereocenters. The molecule has 2 amide bonds. The number of hydrogen-bond acceptors (Lipinski definition) is 6. The van der Waals surface area contributed by atoms with Crippen LogP contribution in [0.3, 0.4) is 0 Å². The molecule has 33 heavy (non-hydrogen) atoms. The average Bonchev–Trinajstić information content (AvgIpc) is 3.62. The molecule has 0 aromatic heterocycles. The van der Waals surface area contributed by atoms with Crippen LogP contribution < -0.4 is 19.7 Å². The summed E-state index contributed by atoms with van der Waals surface area (Å²) >= 11 is 0. The van der Waals surface area contributed by atoms with Gasteiger partial charge in [0.2, 0.25) is 10.0 Å². The Balaban J connectivity index is 1.40. The van der Waals surface area contributed by atoms with E-state index in [1.54, 1.807) is 11.0 Å². The molecule has 4 rings (SSSR count). The molecule has 0 radical (unpaired) electrons. The fourth-order valence-corrected chi connectivity index (χ4v) is 5.04. The Morgan fingerprint density at radius 3 is 2.24 bits per heavy atom. The van der Waals surface area contributed by atoms with Crippen LogP contribution in [0.25, 0.3) is 0 Å². The fourth-order valence-electron chi connectivity index (χ4n) is 3.71. The van der Waals surface area contributed by atoms with E-state index in [0.717, 1.165) is 18.5 Å². The van der Waals surface area contributed by atoms with Crippen LogP contribution in [0.15, 0.2) is 47.4 Å². The second-order valence-corrected chi connectivity index (χ2v) is 9.98. The second-order valence-electron chi connectivity index (χ2n) is 8.26. The lowest BCUT2D eigenvalue weighted by molar-refractivity contribution is 0.101. The molecule has 1 saturated carbocycles. The molecule has 9 nitrogen and oxygen atoms in total. The van der Waals surface area contributed by atoms with Crippen LogP contribution >= 0.6 is 0 Å². The molecular weight excluding hydrogens is 444 g/mol. The molecule has 1 aliphatic heterocycles. The van der Waals surface area contributed by atoms with E-state index in [4.69, 9.17) is 4.74 Å². The quantitative estimate of drug-likeness (QED) is 0.600. The third-order valence-electron chi connectivity index (χ3n) is 5.83. The van der Waals surface area contributed by atoms with Crippen molar-refractivity contribution in [2.24, 2.45) is 0 Å². The Morgan fingerprint density at radius 1 is 1.00 bits per heavy atom. The predicted molar refractivity (Wildman–Crippen MR) is 126 cm³/mol. The highest BCUT2D eigenvalue weighted by molar-refractivity contribution is 7.89. The first-order chi connectivity index (χ1) is 15.8. The summed E-state index contributed by atoms with van der Waals surface area (Å²) in [5, 5.41) is 2.80. The summed E-state index contributed by atoms with van der Waals surface area (Å²) in [6, 6.07) is 11.6. The molecule has 2 fully saturated rings. The van der Waals surface area contributed by atoms with E-state index in [1.165, 1.54) is 26.2 Å². The van der Waals surface area contributed by atoms with Gasteiger partial charge in [-0.05, 0) is 62.2 Å². The van der Waals surface area contributed by atoms with Crippen molar-refractivity contribution in [1.82, 2.24) is 9.62 Å². The van der Waals surface area contributed by atoms with Crippen molar-refractivity contribution in [2.45, 2.75) is 30.7 Å². The van der Waals surface area contributed by atoms with E-state index >= 15 is 0 Å². The van der Waals surface area contributed by atoms with Crippen molar-refractivity contribution >= 4 is 33.2 Å². The van der Waals surface area contributed by atoms with Crippen LogP contribution in [-0.4, -0.2) is 64.5 Å². The van der Waals surface area contributed by atoms with Crippen LogP contribution in [0.5, 0.6) is 5.75 Å². The number of anilines is 2. The van der Waals surface area contributed by atoms with Crippen molar-refractivity contribution in [1.29, 1.82) is 0 Å². The van der Waals surface area contributed by atoms with Gasteiger partial charge in [-0.25, -0.2) is 17.9 Å². The van der Waals surface area contributed by atoms with Crippen LogP contribution in [0, 0.1) is 0 Å². The number of Topliss-reactive ketones (excluding diaryl/α,β-unsaturated/α-hetero) is 1. The largest absolute Gasteiger partial charge is 0.495 e. The molecule has 176 valence electrons. The monoisotopic (exact) mass is 472 g/mol. The van der Waals surface area contributed by atoms with Gasteiger partial charge >= 0.3 is 6.03 Å². The SMILES string of the molecule is COc1ccc(S(=O)(=O)NC2CC2)cc1NC(=O)N1CCN(c2ccc(C(C)=O)cc2)CC1. The van der Waals surface area contributed by atoms with Gasteiger partial charge in [-0.15, -0.1) is 0 Å². The van der Waals surface area contributed by atoms with Crippen LogP contribution in [0.4, 0.5) is 16.2 Å². The summed E-state index contributed by atoms with van der Waals surface area (Å²) in [5.41, 5.74) is 1.98. The zero-order chi connectivity index (χ0) is 23.6. The number of carbonyl (C=O) groups is 2. The molecule has 0 atom stereocenters. The molecule has 10 heteroatoms. The minimum absolute atomic E-state index is 0.00916. The number of ketones is 1. The van der Waals surface area contributed by atoms with Gasteiger partial charge in [0.15, 0.2) is 5.78 Å². The summed E-state index contributed by atoms with van der Waals surface area (Å²) in [7, 11) is -2.18. The van der Waals surface area contributed by atoms with Crippen LogP contribution in [0.2, 0.25) is 0 Å². The molecule has 2 aromatic rings. The van der Waals surface area contributed by atoms with Crippen molar-refractivity contribution in [3.8, 4) is 5.75 Å². The third-order valence-corrected chi connectivity index (χ3v) is 7.35. The van der Waals surface area contributed by atoms with Crippen LogP contribution in [0.1, 0.15) is 30.1 Å². The van der Waals surface area contributed by atoms with Gasteiger partial charge in [-0.2, -0.15) is 0 Å². The predicted octanol–water partition coefficient (Wildman–Crippen LogP) is 2.69. The highest BCUT2D eigenvalue weighted by Gasteiger charge is 2.29. The number of nitrogens with one attached hydrogen (secondary N) is 2. The van der Waals surface area contributed by atoms with E-state index in [1.807, 2.05) is 24.3 Å². The smallest absolute Gasteiger partial charge is 0.322 e. The number of rotatable bonds is 7. The zero-order valence-electron chi connectivity index (χ0n) is 18.7. The molecule has 2 aliphatic rings. The Kier molecular flexibility index (Phi) is 6.57. The number of methoxy groups -OCH3 is 1. The summed E-state index contributed by atoms with van der Waals surface area (Å²) in [6.07, 6.45) is 1.68. The number of amides is 2. The minimum Gasteiger partial charge on any atom is -0.495 e. The van der Waals surface area contributed by atoms with Gasteiger partial charge < -0.3 is 19.9 Å². The first-order valence-electron chi connectivity index (χ1n) is 10.9. The van der Waals surface area contributed by atoms with Gasteiger partial charge in [0, 0.05) is 43.5 Å². The van der Waals surface area contributed by atoms with Gasteiger partial charge in [0.05, 0.1) is 17.7 Å². The van der Waals surface area contributed by atoms with Crippen molar-refractivity contribution < 1.29 is 22.7 Å². The summed E-state index contributed by atoms with van der Waals surface area (Å²) in [5.74, 6) is 0.413. The number of nitrogens with zero attached hydrogens (tertiary/aromatic N) is 2. The van der Waals surface area contributed by atoms with Gasteiger partial charge in [-0.3, -0.25) is 4.79 Å². The summed E-state index contributed by atoms with van der Waals surface area (Å²) < 4.78 is 33.1. The van der Waals surface area contributed by atoms with E-state index in [-0.39, 0.29) is 22.8 Å². The number of benzene rings is 2. The molecule has 0 spiro atoms. The highest BCUT2D eigenvalue weighted by Crippen LogP contribution is 2.29. The first kappa shape index (κ1) is 23.1. The molecule has 2 N–H and O–H groups in total. The molecular formula is C23H28N4O5S. The lowest BCUT2D eigenvalue weighted by atomic mass is 10.1. The topological polar surface area (TPSA) is 108 Å². The molecule has 0 bridgehead atoms. The Bertz CT molecular complexity index is 1140. The Morgan fingerprint density at radius 2 is 1.67 bits per heavy atom. The minimum atomic E-state index is -3.65. The zero-order valence-corrected chi connectivity index (χ0v) is 19.5. The number of carbonyl (C=O) groups excluding carboxylic acids is 2. The number of sulfonamides is 1. The maximum absolute atomic E-state index is 12.9. The number of piperazine rings is 1. The highest BCUT2D eigenvalue weighted by atomic mass is 32.2. The number of ether oxygens (including phenoxy) is 1. The van der Waals surface area contributed by atoms with Crippen molar-refractivity contribution in [3.05, 3.63) is 48.0 Å². The molecule has 1 heterocycles. The average molecular weight is 473 g/mol. The number of urea groups is 1. The number of hydrogen-bond donors (Lipinski definition) is 2. The second kappa shape index (κ2) is 9.40. The van der Waals surface area contributed by atoms with E-state index in [9.17, 15) is 18.0 Å². The fraction of sp³-hybridized carbons (Fsp3) is 0.391. The molecule has 1 saturated heterocycles. The Labute approximate surface area is 193 Å². The van der Waals surface area contributed by atoms with E-state index in [2.05, 4.69) is 14.9 Å². The van der Waals surface area contributed by atoms with Crippen LogP contribution in [-0.2, 0) is 10.0 Å². The van der Waals surface area contributed by atoms with Crippen molar-refractivity contribution in [2.75, 3.05) is 43.5 Å². The van der Waals surface area contributed by atoms with Gasteiger partial charge in [-0.1, -0.05) is 0 Å². The van der Waals surface area contributed by atoms with Crippen molar-refractivity contribution in [3.63, 3.8) is 0 Å². The summed E-state index contributed by atoms with van der Waals surface area (Å²) in [4.78, 5) is 28.3. The normalized spacial score (nSPS) is 16.4. The maximum Gasteiger partial charge on any atom is 0.322 e.